The lowest BCUT2D eigenvalue weighted by atomic mass is 10.3. The molecule has 0 heterocycles. The minimum Gasteiger partial charge on any atom is -0.280 e. The molecule has 2 aromatic carbocycles. The van der Waals surface area contributed by atoms with E-state index in [0.29, 0.717) is 0 Å². The normalized spacial score (nSPS) is 15.1. The predicted molar refractivity (Wildman–Crippen MR) is 97.1 cm³/mol. The summed E-state index contributed by atoms with van der Waals surface area (Å²) < 4.78 is 53.9. The van der Waals surface area contributed by atoms with Gasteiger partial charge in [-0.1, -0.05) is 23.2 Å². The van der Waals surface area contributed by atoms with Crippen molar-refractivity contribution in [2.24, 2.45) is 0 Å². The van der Waals surface area contributed by atoms with Gasteiger partial charge in [0.25, 0.3) is 10.0 Å². The van der Waals surface area contributed by atoms with Crippen LogP contribution in [-0.4, -0.2) is 22.9 Å². The molecule has 0 aliphatic heterocycles. The maximum atomic E-state index is 12.4. The average molecular weight is 421 g/mol. The Labute approximate surface area is 156 Å². The molecule has 0 spiro atoms. The Morgan fingerprint density at radius 1 is 0.800 bits per heavy atom. The topological polar surface area (TPSA) is 92.3 Å². The summed E-state index contributed by atoms with van der Waals surface area (Å²) in [6, 6.07) is 9.27. The molecule has 0 radical (unpaired) electrons. The first-order chi connectivity index (χ1) is 11.7. The van der Waals surface area contributed by atoms with Crippen molar-refractivity contribution in [1.82, 2.24) is 4.72 Å². The number of hydrogen-bond donors (Lipinski definition) is 2. The van der Waals surface area contributed by atoms with Gasteiger partial charge in [0.1, 0.15) is 0 Å². The van der Waals surface area contributed by atoms with Crippen LogP contribution in [-0.2, 0) is 20.0 Å². The molecule has 2 aromatic rings. The highest BCUT2D eigenvalue weighted by Gasteiger charge is 2.28. The molecular formula is C15H14Cl2N2O4S2. The first-order valence-corrected chi connectivity index (χ1v) is 11.0. The molecule has 1 aliphatic carbocycles. The third kappa shape index (κ3) is 4.65. The Hall–Kier alpha value is -1.32. The summed E-state index contributed by atoms with van der Waals surface area (Å²) >= 11 is 11.7. The van der Waals surface area contributed by atoms with Crippen molar-refractivity contribution in [2.75, 3.05) is 4.72 Å². The molecule has 3 rings (SSSR count). The van der Waals surface area contributed by atoms with Crippen molar-refractivity contribution < 1.29 is 16.8 Å². The van der Waals surface area contributed by atoms with E-state index in [1.807, 2.05) is 0 Å². The molecule has 1 aliphatic rings. The Balaban J connectivity index is 1.82. The zero-order valence-electron chi connectivity index (χ0n) is 12.7. The summed E-state index contributed by atoms with van der Waals surface area (Å²) in [5.41, 5.74) is 0.213. The van der Waals surface area contributed by atoms with E-state index in [1.54, 1.807) is 0 Å². The molecule has 6 nitrogen and oxygen atoms in total. The summed E-state index contributed by atoms with van der Waals surface area (Å²) in [6.07, 6.45) is 1.63. The fraction of sp³-hybridized carbons (Fsp3) is 0.200. The van der Waals surface area contributed by atoms with Gasteiger partial charge in [0.05, 0.1) is 15.5 Å². The van der Waals surface area contributed by atoms with E-state index in [0.717, 1.165) is 12.8 Å². The monoisotopic (exact) mass is 420 g/mol. The largest absolute Gasteiger partial charge is 0.280 e. The molecule has 0 aromatic heterocycles. The van der Waals surface area contributed by atoms with Gasteiger partial charge >= 0.3 is 0 Å². The molecule has 1 fully saturated rings. The summed E-state index contributed by atoms with van der Waals surface area (Å²) in [5, 5.41) is 0.579. The Morgan fingerprint density at radius 2 is 1.28 bits per heavy atom. The number of halogens is 2. The molecule has 10 heteroatoms. The summed E-state index contributed by atoms with van der Waals surface area (Å²) in [5.74, 6) is 0. The van der Waals surface area contributed by atoms with Crippen molar-refractivity contribution >= 4 is 48.9 Å². The summed E-state index contributed by atoms with van der Waals surface area (Å²) in [7, 11) is -7.53. The second-order valence-corrected chi connectivity index (χ2v) is 9.90. The highest BCUT2D eigenvalue weighted by molar-refractivity contribution is 7.92. The van der Waals surface area contributed by atoms with Crippen LogP contribution in [0.25, 0.3) is 0 Å². The highest BCUT2D eigenvalue weighted by atomic mass is 35.5. The minimum absolute atomic E-state index is 0.0177. The van der Waals surface area contributed by atoms with E-state index in [9.17, 15) is 16.8 Å². The third-order valence-corrected chi connectivity index (χ3v) is 6.83. The fourth-order valence-electron chi connectivity index (χ4n) is 2.11. The summed E-state index contributed by atoms with van der Waals surface area (Å²) in [6.45, 7) is 0. The number of anilines is 1. The molecule has 0 saturated heterocycles. The highest BCUT2D eigenvalue weighted by Crippen LogP contribution is 2.26. The van der Waals surface area contributed by atoms with E-state index in [2.05, 4.69) is 9.44 Å². The van der Waals surface area contributed by atoms with Gasteiger partial charge in [-0.2, -0.15) is 0 Å². The second kappa shape index (κ2) is 6.77. The molecule has 0 bridgehead atoms. The lowest BCUT2D eigenvalue weighted by molar-refractivity contribution is 0.580. The first kappa shape index (κ1) is 18.5. The maximum absolute atomic E-state index is 12.4. The van der Waals surface area contributed by atoms with Crippen molar-refractivity contribution in [1.29, 1.82) is 0 Å². The van der Waals surface area contributed by atoms with Gasteiger partial charge in [0.2, 0.25) is 10.0 Å². The third-order valence-electron chi connectivity index (χ3n) is 3.46. The summed E-state index contributed by atoms with van der Waals surface area (Å²) in [4.78, 5) is -0.0573. The zero-order chi connectivity index (χ0) is 18.2. The van der Waals surface area contributed by atoms with E-state index >= 15 is 0 Å². The van der Waals surface area contributed by atoms with Crippen molar-refractivity contribution in [3.63, 3.8) is 0 Å². The average Bonchev–Trinajstić information content (AvgIpc) is 3.29. The number of nitrogens with one attached hydrogen (secondary N) is 2. The predicted octanol–water partition coefficient (Wildman–Crippen LogP) is 3.23. The molecule has 0 amide bonds. The van der Waals surface area contributed by atoms with Crippen molar-refractivity contribution in [3.05, 3.63) is 52.5 Å². The quantitative estimate of drug-likeness (QED) is 0.749. The second-order valence-electron chi connectivity index (χ2n) is 5.63. The van der Waals surface area contributed by atoms with Crippen LogP contribution in [0.5, 0.6) is 0 Å². The van der Waals surface area contributed by atoms with Crippen LogP contribution in [0.4, 0.5) is 5.69 Å². The van der Waals surface area contributed by atoms with E-state index in [1.165, 1.54) is 42.5 Å². The fourth-order valence-corrected chi connectivity index (χ4v) is 4.98. The van der Waals surface area contributed by atoms with Crippen LogP contribution in [0.2, 0.25) is 10.0 Å². The van der Waals surface area contributed by atoms with E-state index in [-0.39, 0.29) is 31.6 Å². The van der Waals surface area contributed by atoms with Gasteiger partial charge in [-0.05, 0) is 55.3 Å². The molecular weight excluding hydrogens is 407 g/mol. The maximum Gasteiger partial charge on any atom is 0.261 e. The Kier molecular flexibility index (Phi) is 5.00. The van der Waals surface area contributed by atoms with Gasteiger partial charge in [0, 0.05) is 16.1 Å². The number of sulfonamides is 2. The lowest BCUT2D eigenvalue weighted by Gasteiger charge is -2.10. The van der Waals surface area contributed by atoms with Crippen LogP contribution >= 0.6 is 23.2 Å². The van der Waals surface area contributed by atoms with Crippen LogP contribution in [0.3, 0.4) is 0 Å². The Morgan fingerprint density at radius 3 is 1.76 bits per heavy atom. The lowest BCUT2D eigenvalue weighted by Crippen LogP contribution is -2.25. The molecule has 0 unspecified atom stereocenters. The SMILES string of the molecule is O=S(=O)(Nc1cc(Cl)cc(Cl)c1)c1ccc(S(=O)(=O)NC2CC2)cc1. The van der Waals surface area contributed by atoms with E-state index < -0.39 is 20.0 Å². The van der Waals surface area contributed by atoms with Crippen LogP contribution in [0.1, 0.15) is 12.8 Å². The van der Waals surface area contributed by atoms with E-state index in [4.69, 9.17) is 23.2 Å². The molecule has 0 atom stereocenters. The van der Waals surface area contributed by atoms with Gasteiger partial charge in [0.15, 0.2) is 0 Å². The van der Waals surface area contributed by atoms with Gasteiger partial charge in [-0.25, -0.2) is 21.6 Å². The minimum atomic E-state index is -3.90. The molecule has 2 N–H and O–H groups in total. The van der Waals surface area contributed by atoms with Crippen LogP contribution < -0.4 is 9.44 Å². The number of hydrogen-bond acceptors (Lipinski definition) is 4. The van der Waals surface area contributed by atoms with Gasteiger partial charge in [-0.3, -0.25) is 4.72 Å². The first-order valence-electron chi connectivity index (χ1n) is 7.27. The zero-order valence-corrected chi connectivity index (χ0v) is 15.9. The van der Waals surface area contributed by atoms with Crippen molar-refractivity contribution in [2.45, 2.75) is 28.7 Å². The van der Waals surface area contributed by atoms with Crippen LogP contribution in [0.15, 0.2) is 52.3 Å². The van der Waals surface area contributed by atoms with Gasteiger partial charge in [-0.15, -0.1) is 0 Å². The standard InChI is InChI=1S/C15H14Cl2N2O4S2/c16-10-7-11(17)9-13(8-10)19-25(22,23)15-5-3-14(4-6-15)24(20,21)18-12-1-2-12/h3-9,12,18-19H,1-2H2. The molecule has 134 valence electrons. The Bertz CT molecular complexity index is 982. The number of benzene rings is 2. The number of rotatable bonds is 6. The van der Waals surface area contributed by atoms with Crippen LogP contribution in [0, 0.1) is 0 Å². The van der Waals surface area contributed by atoms with Gasteiger partial charge < -0.3 is 0 Å². The van der Waals surface area contributed by atoms with Crippen molar-refractivity contribution in [3.8, 4) is 0 Å². The molecule has 1 saturated carbocycles. The molecule has 25 heavy (non-hydrogen) atoms. The smallest absolute Gasteiger partial charge is 0.261 e.